The van der Waals surface area contributed by atoms with Gasteiger partial charge in [0.2, 0.25) is 0 Å². The maximum atomic E-state index is 12.6. The molecule has 26 heavy (non-hydrogen) atoms. The zero-order chi connectivity index (χ0) is 19.1. The summed E-state index contributed by atoms with van der Waals surface area (Å²) in [6.45, 7) is 0.985. The van der Waals surface area contributed by atoms with Gasteiger partial charge in [-0.15, -0.1) is 0 Å². The van der Waals surface area contributed by atoms with Gasteiger partial charge in [-0.1, -0.05) is 36.4 Å². The molecule has 5 N–H and O–H groups in total. The first-order valence-electron chi connectivity index (χ1n) is 8.14. The van der Waals surface area contributed by atoms with Crippen LogP contribution in [0.1, 0.15) is 21.5 Å². The number of hydrogen-bond acceptors (Lipinski definition) is 5. The van der Waals surface area contributed by atoms with Gasteiger partial charge in [0, 0.05) is 11.1 Å². The summed E-state index contributed by atoms with van der Waals surface area (Å²) >= 11 is 0. The summed E-state index contributed by atoms with van der Waals surface area (Å²) in [6.07, 6.45) is -1.34. The minimum absolute atomic E-state index is 0.0177. The number of aliphatic hydroxyl groups excluding tert-OH is 2. The summed E-state index contributed by atoms with van der Waals surface area (Å²) in [5.41, 5.74) is 1.47. The molecule has 0 aromatic heterocycles. The molecule has 138 valence electrons. The van der Waals surface area contributed by atoms with Crippen molar-refractivity contribution in [1.82, 2.24) is 10.6 Å². The zero-order valence-corrected chi connectivity index (χ0v) is 14.3. The number of phenolic OH excluding ortho intramolecular Hbond substituents is 1. The van der Waals surface area contributed by atoms with Gasteiger partial charge >= 0.3 is 0 Å². The fourth-order valence-corrected chi connectivity index (χ4v) is 2.59. The van der Waals surface area contributed by atoms with Crippen LogP contribution in [0, 0.1) is 6.92 Å². The normalized spacial score (nSPS) is 12.9. The van der Waals surface area contributed by atoms with Gasteiger partial charge in [-0.3, -0.25) is 9.59 Å². The first kappa shape index (κ1) is 19.4. The summed E-state index contributed by atoms with van der Waals surface area (Å²) < 4.78 is 0. The zero-order valence-electron chi connectivity index (χ0n) is 14.3. The minimum atomic E-state index is -1.55. The third kappa shape index (κ3) is 4.81. The van der Waals surface area contributed by atoms with Crippen molar-refractivity contribution in [3.05, 3.63) is 65.2 Å². The van der Waals surface area contributed by atoms with Gasteiger partial charge in [-0.25, -0.2) is 0 Å². The number of hydrogen-bond donors (Lipinski definition) is 5. The molecule has 0 radical (unpaired) electrons. The smallest absolute Gasteiger partial charge is 0.252 e. The second kappa shape index (κ2) is 8.98. The molecular formula is C19H22N2O5. The van der Waals surface area contributed by atoms with E-state index in [1.54, 1.807) is 19.1 Å². The number of nitrogens with one attached hydrogen (secondary N) is 2. The number of rotatable bonds is 7. The lowest BCUT2D eigenvalue weighted by Gasteiger charge is -2.24. The van der Waals surface area contributed by atoms with Crippen LogP contribution in [0.4, 0.5) is 0 Å². The number of benzene rings is 2. The van der Waals surface area contributed by atoms with E-state index in [2.05, 4.69) is 10.6 Å². The third-order valence-electron chi connectivity index (χ3n) is 4.07. The molecule has 2 amide bonds. The summed E-state index contributed by atoms with van der Waals surface area (Å²) in [7, 11) is 0. The van der Waals surface area contributed by atoms with Crippen LogP contribution in [-0.2, 0) is 11.2 Å². The van der Waals surface area contributed by atoms with Crippen molar-refractivity contribution >= 4 is 11.8 Å². The van der Waals surface area contributed by atoms with Crippen LogP contribution in [-0.4, -0.2) is 46.0 Å². The predicted molar refractivity (Wildman–Crippen MR) is 95.5 cm³/mol. The van der Waals surface area contributed by atoms with Crippen LogP contribution >= 0.6 is 0 Å². The fourth-order valence-electron chi connectivity index (χ4n) is 2.59. The molecule has 2 rings (SSSR count). The van der Waals surface area contributed by atoms with Gasteiger partial charge in [0.1, 0.15) is 12.5 Å². The van der Waals surface area contributed by atoms with Crippen molar-refractivity contribution in [2.24, 2.45) is 0 Å². The Morgan fingerprint density at radius 3 is 2.42 bits per heavy atom. The highest BCUT2D eigenvalue weighted by Crippen LogP contribution is 2.20. The molecule has 0 heterocycles. The highest BCUT2D eigenvalue weighted by molar-refractivity contribution is 5.97. The molecule has 0 saturated heterocycles. The van der Waals surface area contributed by atoms with Gasteiger partial charge in [-0.05, 0) is 31.0 Å². The first-order valence-corrected chi connectivity index (χ1v) is 8.14. The number of amides is 2. The molecule has 2 atom stereocenters. The molecule has 0 aliphatic rings. The van der Waals surface area contributed by atoms with Gasteiger partial charge in [-0.2, -0.15) is 0 Å². The van der Waals surface area contributed by atoms with Crippen molar-refractivity contribution in [1.29, 1.82) is 0 Å². The second-order valence-corrected chi connectivity index (χ2v) is 5.86. The second-order valence-electron chi connectivity index (χ2n) is 5.86. The molecule has 0 aliphatic carbocycles. The highest BCUT2D eigenvalue weighted by atomic mass is 16.3. The van der Waals surface area contributed by atoms with E-state index in [1.165, 1.54) is 6.07 Å². The maximum absolute atomic E-state index is 12.6. The molecule has 7 nitrogen and oxygen atoms in total. The van der Waals surface area contributed by atoms with E-state index in [1.807, 2.05) is 30.3 Å². The van der Waals surface area contributed by atoms with E-state index >= 15 is 0 Å². The van der Waals surface area contributed by atoms with Crippen LogP contribution in [0.25, 0.3) is 0 Å². The molecule has 0 spiro atoms. The molecule has 0 bridgehead atoms. The number of carbonyl (C=O) groups is 2. The van der Waals surface area contributed by atoms with Crippen LogP contribution < -0.4 is 10.6 Å². The number of carbonyl (C=O) groups excluding carboxylic acids is 2. The standard InChI is InChI=1S/C19H22N2O5/c1-12-14(8-5-9-16(12)23)18(25)21-15(17(24)19(26)20-11-22)10-13-6-3-2-4-7-13/h2-9,15,17,22-24H,10-11H2,1H3,(H,20,26)(H,21,25). The largest absolute Gasteiger partial charge is 0.508 e. The number of phenols is 1. The molecule has 0 saturated carbocycles. The molecule has 2 aromatic carbocycles. The number of aromatic hydroxyl groups is 1. The third-order valence-corrected chi connectivity index (χ3v) is 4.07. The Bertz CT molecular complexity index is 764. The van der Waals surface area contributed by atoms with Gasteiger partial charge in [0.15, 0.2) is 6.10 Å². The molecule has 7 heteroatoms. The summed E-state index contributed by atoms with van der Waals surface area (Å²) in [6, 6.07) is 12.7. The Hall–Kier alpha value is -2.90. The first-order chi connectivity index (χ1) is 12.4. The Morgan fingerprint density at radius 2 is 1.77 bits per heavy atom. The van der Waals surface area contributed by atoms with Crippen LogP contribution in [0.15, 0.2) is 48.5 Å². The van der Waals surface area contributed by atoms with Gasteiger partial charge in [0.05, 0.1) is 6.04 Å². The Kier molecular flexibility index (Phi) is 6.71. The summed E-state index contributed by atoms with van der Waals surface area (Å²) in [5, 5.41) is 33.7. The summed E-state index contributed by atoms with van der Waals surface area (Å²) in [4.78, 5) is 24.5. The van der Waals surface area contributed by atoms with E-state index in [0.29, 0.717) is 5.56 Å². The lowest BCUT2D eigenvalue weighted by Crippen LogP contribution is -2.51. The topological polar surface area (TPSA) is 119 Å². The van der Waals surface area contributed by atoms with E-state index in [-0.39, 0.29) is 17.7 Å². The van der Waals surface area contributed by atoms with Crippen molar-refractivity contribution in [2.45, 2.75) is 25.5 Å². The average molecular weight is 358 g/mol. The lowest BCUT2D eigenvalue weighted by atomic mass is 9.99. The van der Waals surface area contributed by atoms with Crippen molar-refractivity contribution in [2.75, 3.05) is 6.73 Å². The molecular weight excluding hydrogens is 336 g/mol. The van der Waals surface area contributed by atoms with Gasteiger partial charge in [0.25, 0.3) is 11.8 Å². The molecule has 0 fully saturated rings. The highest BCUT2D eigenvalue weighted by Gasteiger charge is 2.28. The molecule has 2 unspecified atom stereocenters. The molecule has 0 aliphatic heterocycles. The lowest BCUT2D eigenvalue weighted by molar-refractivity contribution is -0.131. The maximum Gasteiger partial charge on any atom is 0.252 e. The fraction of sp³-hybridized carbons (Fsp3) is 0.263. The van der Waals surface area contributed by atoms with Crippen LogP contribution in [0.5, 0.6) is 5.75 Å². The van der Waals surface area contributed by atoms with E-state index < -0.39 is 30.7 Å². The van der Waals surface area contributed by atoms with Crippen molar-refractivity contribution in [3.63, 3.8) is 0 Å². The quantitative estimate of drug-likeness (QED) is 0.461. The predicted octanol–water partition coefficient (Wildman–Crippen LogP) is 0.469. The van der Waals surface area contributed by atoms with E-state index in [0.717, 1.165) is 5.56 Å². The van der Waals surface area contributed by atoms with E-state index in [4.69, 9.17) is 5.11 Å². The minimum Gasteiger partial charge on any atom is -0.508 e. The Morgan fingerprint density at radius 1 is 1.08 bits per heavy atom. The number of aliphatic hydroxyl groups is 2. The van der Waals surface area contributed by atoms with Crippen LogP contribution in [0.3, 0.4) is 0 Å². The van der Waals surface area contributed by atoms with Crippen molar-refractivity contribution < 1.29 is 24.9 Å². The molecule has 2 aromatic rings. The van der Waals surface area contributed by atoms with E-state index in [9.17, 15) is 19.8 Å². The monoisotopic (exact) mass is 358 g/mol. The van der Waals surface area contributed by atoms with Crippen molar-refractivity contribution in [3.8, 4) is 5.75 Å². The Balaban J connectivity index is 2.23. The SMILES string of the molecule is Cc1c(O)cccc1C(=O)NC(Cc1ccccc1)C(O)C(=O)NCO. The van der Waals surface area contributed by atoms with Crippen LogP contribution in [0.2, 0.25) is 0 Å². The summed E-state index contributed by atoms with van der Waals surface area (Å²) in [5.74, 6) is -1.33. The Labute approximate surface area is 151 Å². The van der Waals surface area contributed by atoms with Gasteiger partial charge < -0.3 is 26.0 Å². The average Bonchev–Trinajstić information content (AvgIpc) is 2.63.